The van der Waals surface area contributed by atoms with Gasteiger partial charge in [-0.05, 0) is 31.4 Å². The summed E-state index contributed by atoms with van der Waals surface area (Å²) in [5.41, 5.74) is 7.06. The van der Waals surface area contributed by atoms with Gasteiger partial charge in [0.2, 0.25) is 0 Å². The summed E-state index contributed by atoms with van der Waals surface area (Å²) in [6.45, 7) is 1.95. The number of anilines is 1. The minimum atomic E-state index is -0.232. The van der Waals surface area contributed by atoms with E-state index < -0.39 is 0 Å². The van der Waals surface area contributed by atoms with Crippen LogP contribution in [0.1, 0.15) is 53.3 Å². The van der Waals surface area contributed by atoms with Gasteiger partial charge in [0.05, 0.1) is 11.1 Å². The number of benzene rings is 1. The molecule has 4 nitrogen and oxygen atoms in total. The Morgan fingerprint density at radius 3 is 2.63 bits per heavy atom. The average Bonchev–Trinajstić information content (AvgIpc) is 2.58. The van der Waals surface area contributed by atoms with Crippen molar-refractivity contribution in [3.63, 3.8) is 0 Å². The molecule has 4 heteroatoms. The lowest BCUT2D eigenvalue weighted by atomic mass is 9.81. The van der Waals surface area contributed by atoms with Crippen LogP contribution in [0.25, 0.3) is 0 Å². The Morgan fingerprint density at radius 2 is 2.05 bits per heavy atom. The highest BCUT2D eigenvalue weighted by Gasteiger charge is 2.40. The molecule has 1 atom stereocenters. The normalized spacial score (nSPS) is 20.4. The third kappa shape index (κ3) is 1.82. The molecule has 1 saturated carbocycles. The first-order chi connectivity index (χ1) is 9.09. The van der Waals surface area contributed by atoms with Crippen molar-refractivity contribution in [3.8, 4) is 0 Å². The summed E-state index contributed by atoms with van der Waals surface area (Å²) in [6.07, 6.45) is 4.61. The summed E-state index contributed by atoms with van der Waals surface area (Å²) in [6, 6.07) is 5.03. The van der Waals surface area contributed by atoms with Gasteiger partial charge in [0.1, 0.15) is 0 Å². The molecule has 2 aliphatic rings. The number of hydrogen-bond acceptors (Lipinski definition) is 3. The maximum Gasteiger partial charge on any atom is 0.263 e. The molecule has 1 fully saturated rings. The molecule has 0 radical (unpaired) electrons. The molecule has 1 heterocycles. The lowest BCUT2D eigenvalue weighted by Gasteiger charge is -2.31. The first kappa shape index (κ1) is 12.2. The molecule has 19 heavy (non-hydrogen) atoms. The Labute approximate surface area is 112 Å². The van der Waals surface area contributed by atoms with E-state index in [4.69, 9.17) is 5.73 Å². The Hall–Kier alpha value is -1.84. The number of amides is 2. The fourth-order valence-corrected chi connectivity index (χ4v) is 3.05. The Morgan fingerprint density at radius 1 is 1.32 bits per heavy atom. The van der Waals surface area contributed by atoms with E-state index in [0.29, 0.717) is 22.7 Å². The SMILES string of the molecule is CC(CC1CCC1)N1C(=O)c2cccc(N)c2C1=O. The van der Waals surface area contributed by atoms with E-state index in [0.717, 1.165) is 6.42 Å². The summed E-state index contributed by atoms with van der Waals surface area (Å²) in [4.78, 5) is 26.1. The van der Waals surface area contributed by atoms with Crippen LogP contribution < -0.4 is 5.73 Å². The van der Waals surface area contributed by atoms with Gasteiger partial charge in [-0.2, -0.15) is 0 Å². The molecule has 3 rings (SSSR count). The molecule has 100 valence electrons. The van der Waals surface area contributed by atoms with Gasteiger partial charge in [-0.15, -0.1) is 0 Å². The minimum absolute atomic E-state index is 0.0444. The third-order valence-corrected chi connectivity index (χ3v) is 4.32. The predicted octanol–water partition coefficient (Wildman–Crippen LogP) is 2.44. The standard InChI is InChI=1S/C15H18N2O2/c1-9(8-10-4-2-5-10)17-14(18)11-6-3-7-12(16)13(11)15(17)19/h3,6-7,9-10H,2,4-5,8,16H2,1H3. The van der Waals surface area contributed by atoms with Gasteiger partial charge in [-0.1, -0.05) is 25.3 Å². The summed E-state index contributed by atoms with van der Waals surface area (Å²) < 4.78 is 0. The minimum Gasteiger partial charge on any atom is -0.398 e. The number of carbonyl (C=O) groups is 2. The largest absolute Gasteiger partial charge is 0.398 e. The van der Waals surface area contributed by atoms with Crippen molar-refractivity contribution in [1.29, 1.82) is 0 Å². The van der Waals surface area contributed by atoms with Gasteiger partial charge >= 0.3 is 0 Å². The number of nitrogens with two attached hydrogens (primary N) is 1. The molecule has 0 bridgehead atoms. The zero-order valence-electron chi connectivity index (χ0n) is 11.1. The topological polar surface area (TPSA) is 63.4 Å². The van der Waals surface area contributed by atoms with Crippen LogP contribution in [-0.2, 0) is 0 Å². The fraction of sp³-hybridized carbons (Fsp3) is 0.467. The number of hydrogen-bond donors (Lipinski definition) is 1. The van der Waals surface area contributed by atoms with Crippen LogP contribution in [0, 0.1) is 5.92 Å². The number of nitrogen functional groups attached to an aromatic ring is 1. The molecule has 0 saturated heterocycles. The second-order valence-electron chi connectivity index (χ2n) is 5.63. The highest BCUT2D eigenvalue weighted by Crippen LogP contribution is 2.35. The van der Waals surface area contributed by atoms with Crippen LogP contribution in [-0.4, -0.2) is 22.8 Å². The van der Waals surface area contributed by atoms with Crippen molar-refractivity contribution in [1.82, 2.24) is 4.90 Å². The lowest BCUT2D eigenvalue weighted by molar-refractivity contribution is 0.0563. The summed E-state index contributed by atoms with van der Waals surface area (Å²) in [7, 11) is 0. The molecular formula is C15H18N2O2. The second kappa shape index (κ2) is 4.37. The molecule has 0 aromatic heterocycles. The van der Waals surface area contributed by atoms with Crippen LogP contribution in [0.15, 0.2) is 18.2 Å². The van der Waals surface area contributed by atoms with E-state index in [9.17, 15) is 9.59 Å². The second-order valence-corrected chi connectivity index (χ2v) is 5.63. The summed E-state index contributed by atoms with van der Waals surface area (Å²) >= 11 is 0. The van der Waals surface area contributed by atoms with E-state index in [2.05, 4.69) is 0 Å². The average molecular weight is 258 g/mol. The smallest absolute Gasteiger partial charge is 0.263 e. The van der Waals surface area contributed by atoms with E-state index in [1.54, 1.807) is 18.2 Å². The van der Waals surface area contributed by atoms with Crippen LogP contribution in [0.2, 0.25) is 0 Å². The number of nitrogens with zero attached hydrogens (tertiary/aromatic N) is 1. The highest BCUT2D eigenvalue weighted by molar-refractivity contribution is 6.23. The van der Waals surface area contributed by atoms with Crippen LogP contribution in [0.3, 0.4) is 0 Å². The van der Waals surface area contributed by atoms with Crippen LogP contribution in [0.5, 0.6) is 0 Å². The molecule has 1 aromatic rings. The third-order valence-electron chi connectivity index (χ3n) is 4.32. The van der Waals surface area contributed by atoms with Crippen molar-refractivity contribution in [2.24, 2.45) is 5.92 Å². The molecule has 1 aromatic carbocycles. The molecular weight excluding hydrogens is 240 g/mol. The van der Waals surface area contributed by atoms with Gasteiger partial charge in [0, 0.05) is 11.7 Å². The number of carbonyl (C=O) groups excluding carboxylic acids is 2. The van der Waals surface area contributed by atoms with Crippen LogP contribution >= 0.6 is 0 Å². The fourth-order valence-electron chi connectivity index (χ4n) is 3.05. The molecule has 2 amide bonds. The molecule has 1 unspecified atom stereocenters. The number of fused-ring (bicyclic) bond motifs is 1. The van der Waals surface area contributed by atoms with Crippen molar-refractivity contribution >= 4 is 17.5 Å². The van der Waals surface area contributed by atoms with E-state index in [-0.39, 0.29) is 17.9 Å². The Kier molecular flexibility index (Phi) is 2.81. The van der Waals surface area contributed by atoms with Gasteiger partial charge in [0.25, 0.3) is 11.8 Å². The Bertz CT molecular complexity index is 549. The zero-order chi connectivity index (χ0) is 13.6. The molecule has 2 N–H and O–H groups in total. The quantitative estimate of drug-likeness (QED) is 0.669. The molecule has 1 aliphatic heterocycles. The summed E-state index contributed by atoms with van der Waals surface area (Å²) in [5, 5.41) is 0. The number of imide groups is 1. The monoisotopic (exact) mass is 258 g/mol. The molecule has 1 aliphatic carbocycles. The maximum absolute atomic E-state index is 12.4. The van der Waals surface area contributed by atoms with Gasteiger partial charge in [-0.25, -0.2) is 0 Å². The van der Waals surface area contributed by atoms with E-state index in [1.165, 1.54) is 24.2 Å². The molecule has 0 spiro atoms. The van der Waals surface area contributed by atoms with E-state index >= 15 is 0 Å². The van der Waals surface area contributed by atoms with Crippen LogP contribution in [0.4, 0.5) is 5.69 Å². The van der Waals surface area contributed by atoms with Gasteiger partial charge < -0.3 is 5.73 Å². The maximum atomic E-state index is 12.4. The first-order valence-electron chi connectivity index (χ1n) is 6.86. The zero-order valence-corrected chi connectivity index (χ0v) is 11.1. The Balaban J connectivity index is 1.87. The van der Waals surface area contributed by atoms with Crippen molar-refractivity contribution < 1.29 is 9.59 Å². The predicted molar refractivity (Wildman–Crippen MR) is 72.8 cm³/mol. The number of rotatable bonds is 3. The first-order valence-corrected chi connectivity index (χ1v) is 6.86. The van der Waals surface area contributed by atoms with E-state index in [1.807, 2.05) is 6.92 Å². The van der Waals surface area contributed by atoms with Crippen molar-refractivity contribution in [3.05, 3.63) is 29.3 Å². The highest BCUT2D eigenvalue weighted by atomic mass is 16.2. The summed E-state index contributed by atoms with van der Waals surface area (Å²) in [5.74, 6) is 0.237. The van der Waals surface area contributed by atoms with Gasteiger partial charge in [-0.3, -0.25) is 14.5 Å². The van der Waals surface area contributed by atoms with Crippen molar-refractivity contribution in [2.45, 2.75) is 38.6 Å². The van der Waals surface area contributed by atoms with Gasteiger partial charge in [0.15, 0.2) is 0 Å². The lowest BCUT2D eigenvalue weighted by Crippen LogP contribution is -2.39. The van der Waals surface area contributed by atoms with Crippen molar-refractivity contribution in [2.75, 3.05) is 5.73 Å².